The molecule has 0 radical (unpaired) electrons. The smallest absolute Gasteiger partial charge is 0.253 e. The lowest BCUT2D eigenvalue weighted by Crippen LogP contribution is -2.37. The molecule has 0 aromatic heterocycles. The lowest BCUT2D eigenvalue weighted by atomic mass is 9.76. The van der Waals surface area contributed by atoms with Crippen LogP contribution in [-0.4, -0.2) is 19.0 Å². The third kappa shape index (κ3) is 4.48. The minimum Gasteiger partial charge on any atom is -0.384 e. The van der Waals surface area contributed by atoms with Gasteiger partial charge in [0, 0.05) is 18.8 Å². The Balaban J connectivity index is 1.96. The fourth-order valence-corrected chi connectivity index (χ4v) is 3.07. The van der Waals surface area contributed by atoms with E-state index < -0.39 is 0 Å². The minimum absolute atomic E-state index is 0.0426. The van der Waals surface area contributed by atoms with Crippen LogP contribution in [0.2, 0.25) is 0 Å². The molecule has 3 nitrogen and oxygen atoms in total. The molecule has 3 heteroatoms. The van der Waals surface area contributed by atoms with Crippen molar-refractivity contribution in [3.63, 3.8) is 0 Å². The average Bonchev–Trinajstić information content (AvgIpc) is 2.52. The number of nitrogens with one attached hydrogen (secondary N) is 2. The van der Waals surface area contributed by atoms with Gasteiger partial charge in [0.05, 0.1) is 5.56 Å². The van der Waals surface area contributed by atoms with E-state index in [1.165, 1.54) is 32.1 Å². The van der Waals surface area contributed by atoms with Crippen LogP contribution in [0.3, 0.4) is 0 Å². The third-order valence-corrected chi connectivity index (χ3v) is 4.47. The van der Waals surface area contributed by atoms with Crippen LogP contribution in [-0.2, 0) is 0 Å². The van der Waals surface area contributed by atoms with Gasteiger partial charge in [-0.15, -0.1) is 0 Å². The average molecular weight is 288 g/mol. The predicted octanol–water partition coefficient (Wildman–Crippen LogP) is 4.21. The number of para-hydroxylation sites is 1. The first-order chi connectivity index (χ1) is 10.1. The molecule has 1 aliphatic carbocycles. The van der Waals surface area contributed by atoms with Gasteiger partial charge >= 0.3 is 0 Å². The van der Waals surface area contributed by atoms with E-state index in [0.717, 1.165) is 30.8 Å². The van der Waals surface area contributed by atoms with E-state index >= 15 is 0 Å². The van der Waals surface area contributed by atoms with Crippen molar-refractivity contribution in [2.24, 2.45) is 5.41 Å². The first-order valence-corrected chi connectivity index (χ1v) is 8.26. The van der Waals surface area contributed by atoms with Crippen LogP contribution in [0.15, 0.2) is 24.3 Å². The molecule has 116 valence electrons. The van der Waals surface area contributed by atoms with Crippen molar-refractivity contribution < 1.29 is 4.79 Å². The Kier molecular flexibility index (Phi) is 5.66. The van der Waals surface area contributed by atoms with Crippen LogP contribution in [0.4, 0.5) is 5.69 Å². The predicted molar refractivity (Wildman–Crippen MR) is 88.7 cm³/mol. The Labute approximate surface area is 128 Å². The molecule has 1 aromatic rings. The van der Waals surface area contributed by atoms with Crippen molar-refractivity contribution in [2.75, 3.05) is 18.4 Å². The molecular formula is C18H28N2O. The summed E-state index contributed by atoms with van der Waals surface area (Å²) in [4.78, 5) is 12.5. The van der Waals surface area contributed by atoms with Crippen molar-refractivity contribution in [3.05, 3.63) is 29.8 Å². The van der Waals surface area contributed by atoms with Gasteiger partial charge < -0.3 is 10.6 Å². The third-order valence-electron chi connectivity index (χ3n) is 4.47. The monoisotopic (exact) mass is 288 g/mol. The van der Waals surface area contributed by atoms with Crippen LogP contribution < -0.4 is 10.6 Å². The summed E-state index contributed by atoms with van der Waals surface area (Å²) in [6.07, 6.45) is 7.43. The molecule has 21 heavy (non-hydrogen) atoms. The fourth-order valence-electron chi connectivity index (χ4n) is 3.07. The van der Waals surface area contributed by atoms with Crippen molar-refractivity contribution in [1.82, 2.24) is 5.32 Å². The molecule has 0 saturated heterocycles. The molecule has 1 aliphatic rings. The molecule has 1 saturated carbocycles. The standard InChI is InChI=1S/C18H28N2O/c1-3-13-19-16-10-6-5-9-15(16)17(21)20-14-18(2)11-7-4-8-12-18/h5-6,9-10,19H,3-4,7-8,11-14H2,1-2H3,(H,20,21). The van der Waals surface area contributed by atoms with Gasteiger partial charge in [-0.3, -0.25) is 4.79 Å². The minimum atomic E-state index is 0.0426. The molecular weight excluding hydrogens is 260 g/mol. The molecule has 2 rings (SSSR count). The van der Waals surface area contributed by atoms with Crippen molar-refractivity contribution in [1.29, 1.82) is 0 Å². The number of carbonyl (C=O) groups excluding carboxylic acids is 1. The number of benzene rings is 1. The summed E-state index contributed by atoms with van der Waals surface area (Å²) in [5.74, 6) is 0.0426. The van der Waals surface area contributed by atoms with E-state index in [1.807, 2.05) is 24.3 Å². The lowest BCUT2D eigenvalue weighted by Gasteiger charge is -2.33. The Morgan fingerprint density at radius 1 is 1.19 bits per heavy atom. The molecule has 2 N–H and O–H groups in total. The molecule has 0 heterocycles. The maximum atomic E-state index is 12.5. The highest BCUT2D eigenvalue weighted by molar-refractivity contribution is 5.99. The number of amides is 1. The zero-order valence-electron chi connectivity index (χ0n) is 13.4. The van der Waals surface area contributed by atoms with Crippen LogP contribution in [0.5, 0.6) is 0 Å². The van der Waals surface area contributed by atoms with Crippen LogP contribution in [0.25, 0.3) is 0 Å². The maximum absolute atomic E-state index is 12.5. The summed E-state index contributed by atoms with van der Waals surface area (Å²) >= 11 is 0. The Bertz CT molecular complexity index is 464. The Hall–Kier alpha value is -1.51. The molecule has 0 bridgehead atoms. The van der Waals surface area contributed by atoms with E-state index in [0.29, 0.717) is 0 Å². The second-order valence-corrected chi connectivity index (χ2v) is 6.53. The maximum Gasteiger partial charge on any atom is 0.253 e. The van der Waals surface area contributed by atoms with Crippen molar-refractivity contribution in [2.45, 2.75) is 52.4 Å². The zero-order valence-corrected chi connectivity index (χ0v) is 13.4. The van der Waals surface area contributed by atoms with E-state index in [9.17, 15) is 4.79 Å². The van der Waals surface area contributed by atoms with Crippen LogP contribution >= 0.6 is 0 Å². The van der Waals surface area contributed by atoms with Gasteiger partial charge in [0.1, 0.15) is 0 Å². The fraction of sp³-hybridized carbons (Fsp3) is 0.611. The summed E-state index contributed by atoms with van der Waals surface area (Å²) in [5.41, 5.74) is 1.97. The normalized spacial score (nSPS) is 17.2. The highest BCUT2D eigenvalue weighted by Crippen LogP contribution is 2.35. The quantitative estimate of drug-likeness (QED) is 0.823. The summed E-state index contributed by atoms with van der Waals surface area (Å²) in [6.45, 7) is 6.10. The van der Waals surface area contributed by atoms with Gasteiger partial charge in [-0.1, -0.05) is 45.2 Å². The number of hydrogen-bond donors (Lipinski definition) is 2. The zero-order chi connectivity index (χ0) is 15.1. The van der Waals surface area contributed by atoms with Gasteiger partial charge in [0.2, 0.25) is 0 Å². The van der Waals surface area contributed by atoms with Gasteiger partial charge in [-0.05, 0) is 36.8 Å². The second-order valence-electron chi connectivity index (χ2n) is 6.53. The molecule has 1 amide bonds. The van der Waals surface area contributed by atoms with E-state index in [2.05, 4.69) is 24.5 Å². The molecule has 0 unspecified atom stereocenters. The number of rotatable bonds is 6. The largest absolute Gasteiger partial charge is 0.384 e. The summed E-state index contributed by atoms with van der Waals surface area (Å²) in [6, 6.07) is 7.77. The first kappa shape index (κ1) is 15.9. The highest BCUT2D eigenvalue weighted by Gasteiger charge is 2.27. The topological polar surface area (TPSA) is 41.1 Å². The summed E-state index contributed by atoms with van der Waals surface area (Å²) in [5, 5.41) is 6.48. The van der Waals surface area contributed by atoms with Gasteiger partial charge in [-0.2, -0.15) is 0 Å². The first-order valence-electron chi connectivity index (χ1n) is 8.26. The van der Waals surface area contributed by atoms with Crippen molar-refractivity contribution in [3.8, 4) is 0 Å². The van der Waals surface area contributed by atoms with E-state index in [-0.39, 0.29) is 11.3 Å². The lowest BCUT2D eigenvalue weighted by molar-refractivity contribution is 0.0920. The van der Waals surface area contributed by atoms with Crippen LogP contribution in [0, 0.1) is 5.41 Å². The Morgan fingerprint density at radius 2 is 1.90 bits per heavy atom. The number of hydrogen-bond acceptors (Lipinski definition) is 2. The van der Waals surface area contributed by atoms with Gasteiger partial charge in [-0.25, -0.2) is 0 Å². The molecule has 0 spiro atoms. The molecule has 1 fully saturated rings. The Morgan fingerprint density at radius 3 is 2.62 bits per heavy atom. The molecule has 0 aliphatic heterocycles. The van der Waals surface area contributed by atoms with E-state index in [4.69, 9.17) is 0 Å². The SMILES string of the molecule is CCCNc1ccccc1C(=O)NCC1(C)CCCCC1. The second kappa shape index (κ2) is 7.48. The molecule has 1 aromatic carbocycles. The van der Waals surface area contributed by atoms with E-state index in [1.54, 1.807) is 0 Å². The number of carbonyl (C=O) groups is 1. The van der Waals surface area contributed by atoms with Crippen molar-refractivity contribution >= 4 is 11.6 Å². The molecule has 0 atom stereocenters. The van der Waals surface area contributed by atoms with Crippen LogP contribution in [0.1, 0.15) is 62.7 Å². The summed E-state index contributed by atoms with van der Waals surface area (Å²) < 4.78 is 0. The highest BCUT2D eigenvalue weighted by atomic mass is 16.1. The summed E-state index contributed by atoms with van der Waals surface area (Å²) in [7, 11) is 0. The van der Waals surface area contributed by atoms with Gasteiger partial charge in [0.15, 0.2) is 0 Å². The van der Waals surface area contributed by atoms with Gasteiger partial charge in [0.25, 0.3) is 5.91 Å². The number of anilines is 1.